The molecule has 7 heteroatoms. The van der Waals surface area contributed by atoms with E-state index in [2.05, 4.69) is 17.1 Å². The Kier molecular flexibility index (Phi) is 8.29. The van der Waals surface area contributed by atoms with Gasteiger partial charge in [0.2, 0.25) is 0 Å². The number of nitrogens with one attached hydrogen (secondary N) is 1. The minimum Gasteiger partial charge on any atom is -0.357 e. The van der Waals surface area contributed by atoms with Crippen LogP contribution in [0.1, 0.15) is 71.1 Å². The molecule has 0 radical (unpaired) electrons. The van der Waals surface area contributed by atoms with Crippen molar-refractivity contribution in [1.82, 2.24) is 10.2 Å². The Morgan fingerprint density at radius 1 is 1.04 bits per heavy atom. The van der Waals surface area contributed by atoms with Crippen LogP contribution in [-0.4, -0.2) is 57.5 Å². The van der Waals surface area contributed by atoms with Crippen LogP contribution >= 0.6 is 24.0 Å². The highest BCUT2D eigenvalue weighted by Gasteiger charge is 2.45. The van der Waals surface area contributed by atoms with Gasteiger partial charge in [0, 0.05) is 37.8 Å². The maximum atomic E-state index is 11.7. The van der Waals surface area contributed by atoms with Gasteiger partial charge in [0.15, 0.2) is 5.96 Å². The van der Waals surface area contributed by atoms with E-state index < -0.39 is 9.84 Å². The number of sulfone groups is 1. The number of rotatable bonds is 5. The van der Waals surface area contributed by atoms with Gasteiger partial charge in [0.1, 0.15) is 9.84 Å². The molecule has 3 rings (SSSR count). The topological polar surface area (TPSA) is 61.8 Å². The predicted octanol–water partition coefficient (Wildman–Crippen LogP) is 3.83. The van der Waals surface area contributed by atoms with Crippen LogP contribution in [0.3, 0.4) is 0 Å². The number of likely N-dealkylation sites (tertiary alicyclic amines) is 1. The third kappa shape index (κ3) is 6.75. The zero-order chi connectivity index (χ0) is 18.7. The SMILES string of the molecule is CCNC(=NCC1(CS(C)(=O)=O)CC1)N1CCCC2(CCCCCC2)C1.I. The first kappa shape index (κ1) is 23.2. The Bertz CT molecular complexity index is 609. The lowest BCUT2D eigenvalue weighted by atomic mass is 9.74. The lowest BCUT2D eigenvalue weighted by Gasteiger charge is -2.44. The maximum absolute atomic E-state index is 11.7. The van der Waals surface area contributed by atoms with Crippen molar-refractivity contribution in [1.29, 1.82) is 0 Å². The van der Waals surface area contributed by atoms with Gasteiger partial charge in [0.05, 0.1) is 5.75 Å². The van der Waals surface area contributed by atoms with E-state index in [1.165, 1.54) is 57.6 Å². The standard InChI is InChI=1S/C20H37N3O2S.HI/c1-3-21-18(22-15-20(12-13-20)17-26(2,24)25)23-14-8-11-19(16-23)9-6-4-5-7-10-19;/h3-17H2,1-2H3,(H,21,22);1H. The van der Waals surface area contributed by atoms with E-state index in [4.69, 9.17) is 4.99 Å². The van der Waals surface area contributed by atoms with E-state index in [1.807, 2.05) is 0 Å². The normalized spacial score (nSPS) is 24.8. The largest absolute Gasteiger partial charge is 0.357 e. The van der Waals surface area contributed by atoms with Gasteiger partial charge in [0.25, 0.3) is 0 Å². The van der Waals surface area contributed by atoms with E-state index in [0.717, 1.165) is 38.4 Å². The van der Waals surface area contributed by atoms with E-state index in [0.29, 0.717) is 12.0 Å². The van der Waals surface area contributed by atoms with Gasteiger partial charge in [-0.25, -0.2) is 8.42 Å². The molecule has 0 atom stereocenters. The fourth-order valence-electron chi connectivity index (χ4n) is 5.02. The van der Waals surface area contributed by atoms with Gasteiger partial charge in [-0.3, -0.25) is 4.99 Å². The summed E-state index contributed by atoms with van der Waals surface area (Å²) in [6.45, 7) is 5.82. The van der Waals surface area contributed by atoms with Gasteiger partial charge in [-0.15, -0.1) is 24.0 Å². The summed E-state index contributed by atoms with van der Waals surface area (Å²) in [5.74, 6) is 1.29. The van der Waals surface area contributed by atoms with Crippen molar-refractivity contribution in [2.24, 2.45) is 15.8 Å². The predicted molar refractivity (Wildman–Crippen MR) is 124 cm³/mol. The minimum atomic E-state index is -2.93. The summed E-state index contributed by atoms with van der Waals surface area (Å²) in [6, 6.07) is 0. The molecular formula is C20H38IN3O2S. The molecule has 0 aromatic rings. The van der Waals surface area contributed by atoms with Crippen LogP contribution in [0.15, 0.2) is 4.99 Å². The molecule has 1 spiro atoms. The first-order valence-corrected chi connectivity index (χ1v) is 12.6. The van der Waals surface area contributed by atoms with Gasteiger partial charge >= 0.3 is 0 Å². The van der Waals surface area contributed by atoms with Crippen LogP contribution in [0.2, 0.25) is 0 Å². The van der Waals surface area contributed by atoms with Crippen LogP contribution in [-0.2, 0) is 9.84 Å². The summed E-state index contributed by atoms with van der Waals surface area (Å²) in [5.41, 5.74) is 0.388. The molecule has 0 aromatic carbocycles. The van der Waals surface area contributed by atoms with Crippen LogP contribution in [0.5, 0.6) is 0 Å². The fourth-order valence-corrected chi connectivity index (χ4v) is 6.52. The number of aliphatic imine (C=N–C) groups is 1. The Labute approximate surface area is 183 Å². The first-order chi connectivity index (χ1) is 12.4. The van der Waals surface area contributed by atoms with Crippen molar-refractivity contribution in [3.8, 4) is 0 Å². The monoisotopic (exact) mass is 511 g/mol. The molecule has 2 saturated carbocycles. The summed E-state index contributed by atoms with van der Waals surface area (Å²) in [6.07, 6.45) is 14.2. The van der Waals surface area contributed by atoms with Crippen molar-refractivity contribution < 1.29 is 8.42 Å². The smallest absolute Gasteiger partial charge is 0.193 e. The second-order valence-electron chi connectivity index (χ2n) is 9.18. The van der Waals surface area contributed by atoms with Gasteiger partial charge in [-0.1, -0.05) is 25.7 Å². The van der Waals surface area contributed by atoms with E-state index in [1.54, 1.807) is 0 Å². The molecule has 5 nitrogen and oxygen atoms in total. The molecule has 158 valence electrons. The number of piperidine rings is 1. The molecule has 3 aliphatic rings. The van der Waals surface area contributed by atoms with Crippen molar-refractivity contribution in [2.75, 3.05) is 38.2 Å². The number of hydrogen-bond acceptors (Lipinski definition) is 3. The fraction of sp³-hybridized carbons (Fsp3) is 0.950. The highest BCUT2D eigenvalue weighted by molar-refractivity contribution is 14.0. The Morgan fingerprint density at radius 2 is 1.67 bits per heavy atom. The average molecular weight is 512 g/mol. The first-order valence-electron chi connectivity index (χ1n) is 10.6. The molecule has 1 aliphatic heterocycles. The van der Waals surface area contributed by atoms with Crippen molar-refractivity contribution >= 4 is 39.8 Å². The van der Waals surface area contributed by atoms with Crippen LogP contribution < -0.4 is 5.32 Å². The zero-order valence-electron chi connectivity index (χ0n) is 17.1. The summed E-state index contributed by atoms with van der Waals surface area (Å²) < 4.78 is 23.4. The molecule has 27 heavy (non-hydrogen) atoms. The van der Waals surface area contributed by atoms with E-state index in [9.17, 15) is 8.42 Å². The third-order valence-electron chi connectivity index (χ3n) is 6.55. The number of halogens is 1. The summed E-state index contributed by atoms with van der Waals surface area (Å²) in [4.78, 5) is 7.39. The molecule has 1 saturated heterocycles. The van der Waals surface area contributed by atoms with Crippen LogP contribution in [0.25, 0.3) is 0 Å². The van der Waals surface area contributed by atoms with Crippen LogP contribution in [0, 0.1) is 10.8 Å². The summed E-state index contributed by atoms with van der Waals surface area (Å²) in [7, 11) is -2.93. The molecular weight excluding hydrogens is 473 g/mol. The molecule has 0 bridgehead atoms. The third-order valence-corrected chi connectivity index (χ3v) is 7.69. The molecule has 3 fully saturated rings. The Morgan fingerprint density at radius 3 is 2.22 bits per heavy atom. The van der Waals surface area contributed by atoms with Crippen molar-refractivity contribution in [3.05, 3.63) is 0 Å². The van der Waals surface area contributed by atoms with Crippen molar-refractivity contribution in [3.63, 3.8) is 0 Å². The minimum absolute atomic E-state index is 0. The van der Waals surface area contributed by atoms with E-state index in [-0.39, 0.29) is 35.1 Å². The van der Waals surface area contributed by atoms with Gasteiger partial charge in [-0.2, -0.15) is 0 Å². The zero-order valence-corrected chi connectivity index (χ0v) is 20.3. The van der Waals surface area contributed by atoms with Gasteiger partial charge in [-0.05, 0) is 50.9 Å². The Balaban J connectivity index is 0.00000261. The molecule has 0 unspecified atom stereocenters. The molecule has 1 heterocycles. The number of hydrogen-bond donors (Lipinski definition) is 1. The molecule has 2 aliphatic carbocycles. The number of guanidine groups is 1. The highest BCUT2D eigenvalue weighted by atomic mass is 127. The van der Waals surface area contributed by atoms with Gasteiger partial charge < -0.3 is 10.2 Å². The van der Waals surface area contributed by atoms with Crippen LogP contribution in [0.4, 0.5) is 0 Å². The lowest BCUT2D eigenvalue weighted by molar-refractivity contribution is 0.115. The Hall–Kier alpha value is -0.0500. The maximum Gasteiger partial charge on any atom is 0.193 e. The second-order valence-corrected chi connectivity index (χ2v) is 11.3. The highest BCUT2D eigenvalue weighted by Crippen LogP contribution is 2.47. The van der Waals surface area contributed by atoms with Crippen molar-refractivity contribution in [2.45, 2.75) is 71.1 Å². The van der Waals surface area contributed by atoms with E-state index >= 15 is 0 Å². The lowest BCUT2D eigenvalue weighted by Crippen LogP contribution is -2.50. The quantitative estimate of drug-likeness (QED) is 0.346. The average Bonchev–Trinajstić information content (AvgIpc) is 3.35. The molecule has 1 N–H and O–H groups in total. The second kappa shape index (κ2) is 9.63. The molecule has 0 amide bonds. The molecule has 0 aromatic heterocycles. The number of nitrogens with zero attached hydrogens (tertiary/aromatic N) is 2. The summed E-state index contributed by atoms with van der Waals surface area (Å²) >= 11 is 0. The summed E-state index contributed by atoms with van der Waals surface area (Å²) in [5, 5.41) is 3.48.